The summed E-state index contributed by atoms with van der Waals surface area (Å²) in [5.41, 5.74) is 0. The topological polar surface area (TPSA) is 86.3 Å². The average molecular weight is 564 g/mol. The lowest BCUT2D eigenvalue weighted by Crippen LogP contribution is -2.58. The number of hydrogen-bond donors (Lipinski definition) is 2. The zero-order chi connectivity index (χ0) is 28.7. The summed E-state index contributed by atoms with van der Waals surface area (Å²) in [6, 6.07) is -0.681. The molecule has 2 N–H and O–H groups in total. The molecule has 1 amide bonds. The highest BCUT2D eigenvalue weighted by Crippen LogP contribution is 2.43. The predicted molar refractivity (Wildman–Crippen MR) is 156 cm³/mol. The van der Waals surface area contributed by atoms with E-state index >= 15 is 0 Å². The second-order valence-electron chi connectivity index (χ2n) is 15.0. The summed E-state index contributed by atoms with van der Waals surface area (Å²) < 4.78 is 26.7. The number of hydrogen-bond acceptors (Lipinski definition) is 6. The molecule has 0 saturated carbocycles. The molecule has 7 nitrogen and oxygen atoms in total. The molecule has 0 aliphatic carbocycles. The highest BCUT2D eigenvalue weighted by molar-refractivity contribution is 6.75. The standard InChI is InChI=1S/C26H57NO6Si3/c1-18(28)27-20-22(33-36(15,16)26(8,9)10)21(31-23(20)29)19(32-35(13,14)25(5,6)7)17-30-34(11,12)24(2,3)4/h19-23,29H,17H2,1-16H3,(H,27,28)/t19-,20-,21+,22-,23-/m1/s1. The summed E-state index contributed by atoms with van der Waals surface area (Å²) in [4.78, 5) is 12.1. The summed E-state index contributed by atoms with van der Waals surface area (Å²) in [5.74, 6) is -0.230. The van der Waals surface area contributed by atoms with Crippen molar-refractivity contribution < 1.29 is 27.9 Å². The van der Waals surface area contributed by atoms with Gasteiger partial charge < -0.3 is 28.4 Å². The van der Waals surface area contributed by atoms with Crippen LogP contribution in [0.3, 0.4) is 0 Å². The fourth-order valence-corrected chi connectivity index (χ4v) is 6.93. The van der Waals surface area contributed by atoms with Crippen molar-refractivity contribution in [3.8, 4) is 0 Å². The fraction of sp³-hybridized carbons (Fsp3) is 0.962. The summed E-state index contributed by atoms with van der Waals surface area (Å²) in [6.45, 7) is 34.8. The van der Waals surface area contributed by atoms with Gasteiger partial charge in [-0.2, -0.15) is 0 Å². The molecule has 0 bridgehead atoms. The van der Waals surface area contributed by atoms with E-state index in [1.807, 2.05) is 0 Å². The van der Waals surface area contributed by atoms with Crippen LogP contribution in [0.2, 0.25) is 54.4 Å². The largest absolute Gasteiger partial charge is 0.414 e. The number of rotatable bonds is 9. The van der Waals surface area contributed by atoms with Gasteiger partial charge >= 0.3 is 0 Å². The molecule has 1 saturated heterocycles. The molecule has 0 aromatic carbocycles. The van der Waals surface area contributed by atoms with E-state index in [1.165, 1.54) is 6.92 Å². The molecule has 36 heavy (non-hydrogen) atoms. The Labute approximate surface area is 224 Å². The lowest BCUT2D eigenvalue weighted by Gasteiger charge is -2.45. The van der Waals surface area contributed by atoms with E-state index in [-0.39, 0.29) is 21.0 Å². The number of amides is 1. The normalized spacial score (nSPS) is 25.7. The molecule has 0 aromatic rings. The van der Waals surface area contributed by atoms with Crippen LogP contribution in [0.25, 0.3) is 0 Å². The molecule has 10 heteroatoms. The van der Waals surface area contributed by atoms with Crippen LogP contribution in [0.15, 0.2) is 0 Å². The molecule has 1 rings (SSSR count). The Balaban J connectivity index is 3.52. The number of ether oxygens (including phenoxy) is 1. The van der Waals surface area contributed by atoms with Crippen LogP contribution in [0.1, 0.15) is 69.2 Å². The molecule has 1 aliphatic heterocycles. The fourth-order valence-electron chi connectivity index (χ4n) is 3.29. The van der Waals surface area contributed by atoms with Crippen molar-refractivity contribution >= 4 is 30.9 Å². The van der Waals surface area contributed by atoms with Gasteiger partial charge in [0.05, 0.1) is 18.8 Å². The molecule has 214 valence electrons. The molecule has 1 fully saturated rings. The first-order valence-corrected chi connectivity index (χ1v) is 22.1. The summed E-state index contributed by atoms with van der Waals surface area (Å²) >= 11 is 0. The third-order valence-corrected chi connectivity index (χ3v) is 22.4. The smallest absolute Gasteiger partial charge is 0.217 e. The molecule has 1 aliphatic rings. The molecule has 0 spiro atoms. The van der Waals surface area contributed by atoms with Crippen molar-refractivity contribution in [2.24, 2.45) is 0 Å². The van der Waals surface area contributed by atoms with E-state index < -0.39 is 55.6 Å². The highest BCUT2D eigenvalue weighted by Gasteiger charge is 2.54. The van der Waals surface area contributed by atoms with E-state index in [0.717, 1.165) is 0 Å². The minimum atomic E-state index is -2.28. The maximum absolute atomic E-state index is 12.1. The lowest BCUT2D eigenvalue weighted by molar-refractivity contribution is -0.138. The van der Waals surface area contributed by atoms with Crippen molar-refractivity contribution in [1.29, 1.82) is 0 Å². The highest BCUT2D eigenvalue weighted by atomic mass is 28.4. The van der Waals surface area contributed by atoms with Gasteiger partial charge in [-0.1, -0.05) is 62.3 Å². The maximum atomic E-state index is 12.1. The third kappa shape index (κ3) is 8.21. The number of carbonyl (C=O) groups is 1. The minimum Gasteiger partial charge on any atom is -0.414 e. The summed E-state index contributed by atoms with van der Waals surface area (Å²) in [5, 5.41) is 13.8. The zero-order valence-corrected chi connectivity index (χ0v) is 29.1. The van der Waals surface area contributed by atoms with Gasteiger partial charge in [0.1, 0.15) is 12.1 Å². The molecule has 0 radical (unpaired) electrons. The molecular weight excluding hydrogens is 507 g/mol. The van der Waals surface area contributed by atoms with Crippen LogP contribution in [0.5, 0.6) is 0 Å². The first kappa shape index (κ1) is 33.9. The number of aliphatic hydroxyl groups excluding tert-OH is 1. The average Bonchev–Trinajstić information content (AvgIpc) is 2.90. The van der Waals surface area contributed by atoms with Crippen molar-refractivity contribution in [1.82, 2.24) is 5.32 Å². The molecule has 1 heterocycles. The number of nitrogens with one attached hydrogen (secondary N) is 1. The monoisotopic (exact) mass is 563 g/mol. The maximum Gasteiger partial charge on any atom is 0.217 e. The molecular formula is C26H57NO6Si3. The number of carbonyl (C=O) groups excluding carboxylic acids is 1. The van der Waals surface area contributed by atoms with Crippen LogP contribution in [-0.2, 0) is 22.8 Å². The van der Waals surface area contributed by atoms with E-state index in [0.29, 0.717) is 6.61 Å². The zero-order valence-electron chi connectivity index (χ0n) is 26.1. The van der Waals surface area contributed by atoms with Crippen LogP contribution in [0, 0.1) is 0 Å². The Morgan fingerprint density at radius 2 is 1.31 bits per heavy atom. The van der Waals surface area contributed by atoms with Gasteiger partial charge in [-0.25, -0.2) is 0 Å². The second-order valence-corrected chi connectivity index (χ2v) is 29.4. The quantitative estimate of drug-likeness (QED) is 0.334. The molecule has 0 aromatic heterocycles. The Kier molecular flexibility index (Phi) is 10.6. The van der Waals surface area contributed by atoms with Gasteiger partial charge in [0.15, 0.2) is 31.2 Å². The van der Waals surface area contributed by atoms with Crippen LogP contribution < -0.4 is 5.32 Å². The van der Waals surface area contributed by atoms with E-state index in [9.17, 15) is 9.90 Å². The third-order valence-electron chi connectivity index (χ3n) is 8.92. The van der Waals surface area contributed by atoms with E-state index in [2.05, 4.69) is 107 Å². The predicted octanol–water partition coefficient (Wildman–Crippen LogP) is 6.01. The van der Waals surface area contributed by atoms with Crippen LogP contribution in [0.4, 0.5) is 0 Å². The van der Waals surface area contributed by atoms with Crippen molar-refractivity contribution in [2.75, 3.05) is 6.61 Å². The van der Waals surface area contributed by atoms with Gasteiger partial charge in [-0.15, -0.1) is 0 Å². The van der Waals surface area contributed by atoms with Crippen LogP contribution >= 0.6 is 0 Å². The van der Waals surface area contributed by atoms with Crippen LogP contribution in [-0.4, -0.2) is 73.2 Å². The van der Waals surface area contributed by atoms with Gasteiger partial charge in [0, 0.05) is 6.92 Å². The van der Waals surface area contributed by atoms with E-state index in [4.69, 9.17) is 18.0 Å². The van der Waals surface area contributed by atoms with Gasteiger partial charge in [0.2, 0.25) is 5.91 Å². The summed E-state index contributed by atoms with van der Waals surface area (Å²) in [7, 11) is -6.60. The summed E-state index contributed by atoms with van der Waals surface area (Å²) in [6.07, 6.45) is -2.76. The van der Waals surface area contributed by atoms with Gasteiger partial charge in [0.25, 0.3) is 0 Å². The first-order chi connectivity index (χ1) is 15.7. The van der Waals surface area contributed by atoms with Crippen molar-refractivity contribution in [3.63, 3.8) is 0 Å². The minimum absolute atomic E-state index is 0.0216. The first-order valence-electron chi connectivity index (χ1n) is 13.3. The molecule has 0 unspecified atom stereocenters. The molecule has 5 atom stereocenters. The second kappa shape index (κ2) is 11.2. The lowest BCUT2D eigenvalue weighted by atomic mass is 10.0. The Morgan fingerprint density at radius 1 is 0.861 bits per heavy atom. The Bertz CT molecular complexity index is 752. The SMILES string of the molecule is CC(=O)N[C@@H]1[C@@H](O[Si](C)(C)C(C)(C)C)[C@H]([C@@H](CO[Si](C)(C)C(C)(C)C)O[Si](C)(C)C(C)(C)C)O[C@H]1O. The Morgan fingerprint density at radius 3 is 1.69 bits per heavy atom. The van der Waals surface area contributed by atoms with Gasteiger partial charge in [-0.05, 0) is 54.4 Å². The van der Waals surface area contributed by atoms with E-state index in [1.54, 1.807) is 0 Å². The van der Waals surface area contributed by atoms with Crippen molar-refractivity contribution in [2.45, 2.75) is 154 Å². The Hall–Kier alpha value is -0.0794. The van der Waals surface area contributed by atoms with Gasteiger partial charge in [-0.3, -0.25) is 4.79 Å². The van der Waals surface area contributed by atoms with Crippen molar-refractivity contribution in [3.05, 3.63) is 0 Å². The number of aliphatic hydroxyl groups is 1.